The van der Waals surface area contributed by atoms with E-state index in [1.54, 1.807) is 12.4 Å². The van der Waals surface area contributed by atoms with Crippen molar-refractivity contribution in [3.8, 4) is 11.1 Å². The summed E-state index contributed by atoms with van der Waals surface area (Å²) in [5, 5.41) is 8.75. The quantitative estimate of drug-likeness (QED) is 0.890. The van der Waals surface area contributed by atoms with E-state index in [1.165, 1.54) is 5.56 Å². The van der Waals surface area contributed by atoms with E-state index in [4.69, 9.17) is 5.11 Å². The summed E-state index contributed by atoms with van der Waals surface area (Å²) in [6.07, 6.45) is 4.56. The first-order valence-electron chi connectivity index (χ1n) is 6.36. The zero-order valence-electron chi connectivity index (χ0n) is 10.9. The van der Waals surface area contributed by atoms with Crippen molar-refractivity contribution < 1.29 is 9.90 Å². The van der Waals surface area contributed by atoms with Gasteiger partial charge in [0.15, 0.2) is 0 Å². The maximum atomic E-state index is 10.6. The molecule has 1 atom stereocenters. The fourth-order valence-corrected chi connectivity index (χ4v) is 2.15. The largest absolute Gasteiger partial charge is 0.481 e. The van der Waals surface area contributed by atoms with Gasteiger partial charge in [-0.1, -0.05) is 31.2 Å². The summed E-state index contributed by atoms with van der Waals surface area (Å²) in [6, 6.07) is 12.2. The van der Waals surface area contributed by atoms with Crippen LogP contribution in [-0.2, 0) is 11.2 Å². The number of aliphatic carboxylic acids is 1. The van der Waals surface area contributed by atoms with Gasteiger partial charge in [-0.25, -0.2) is 0 Å². The second-order valence-electron chi connectivity index (χ2n) is 4.84. The molecular formula is C16H17NO2. The topological polar surface area (TPSA) is 50.2 Å². The summed E-state index contributed by atoms with van der Waals surface area (Å²) in [6.45, 7) is 1.96. The zero-order chi connectivity index (χ0) is 13.7. The van der Waals surface area contributed by atoms with Gasteiger partial charge in [-0.2, -0.15) is 0 Å². The molecule has 1 unspecified atom stereocenters. The van der Waals surface area contributed by atoms with Crippen LogP contribution in [0.3, 0.4) is 0 Å². The average molecular weight is 255 g/mol. The van der Waals surface area contributed by atoms with E-state index in [2.05, 4.69) is 29.2 Å². The number of pyridine rings is 1. The maximum Gasteiger partial charge on any atom is 0.303 e. The summed E-state index contributed by atoms with van der Waals surface area (Å²) in [5.41, 5.74) is 3.46. The number of benzene rings is 1. The Balaban J connectivity index is 2.05. The minimum atomic E-state index is -0.735. The molecule has 0 bridgehead atoms. The van der Waals surface area contributed by atoms with Crippen molar-refractivity contribution in [1.29, 1.82) is 0 Å². The third-order valence-corrected chi connectivity index (χ3v) is 3.07. The number of hydrogen-bond acceptors (Lipinski definition) is 2. The normalized spacial score (nSPS) is 12.1. The molecule has 1 heterocycles. The monoisotopic (exact) mass is 255 g/mol. The first kappa shape index (κ1) is 13.3. The molecule has 1 aromatic carbocycles. The molecule has 0 radical (unpaired) electrons. The van der Waals surface area contributed by atoms with Crippen LogP contribution in [0.15, 0.2) is 48.8 Å². The first-order chi connectivity index (χ1) is 9.15. The molecule has 2 rings (SSSR count). The molecule has 0 saturated carbocycles. The van der Waals surface area contributed by atoms with Crippen LogP contribution < -0.4 is 0 Å². The van der Waals surface area contributed by atoms with E-state index >= 15 is 0 Å². The van der Waals surface area contributed by atoms with Crippen molar-refractivity contribution in [1.82, 2.24) is 4.98 Å². The predicted octanol–water partition coefficient (Wildman–Crippen LogP) is 3.40. The molecule has 19 heavy (non-hydrogen) atoms. The fourth-order valence-electron chi connectivity index (χ4n) is 2.15. The summed E-state index contributed by atoms with van der Waals surface area (Å²) < 4.78 is 0. The Bertz CT molecular complexity index is 534. The Kier molecular flexibility index (Phi) is 4.29. The van der Waals surface area contributed by atoms with Gasteiger partial charge in [0.1, 0.15) is 0 Å². The van der Waals surface area contributed by atoms with Crippen molar-refractivity contribution in [2.24, 2.45) is 5.92 Å². The van der Waals surface area contributed by atoms with Crippen LogP contribution in [0.25, 0.3) is 11.1 Å². The van der Waals surface area contributed by atoms with Gasteiger partial charge in [0.25, 0.3) is 0 Å². The molecule has 2 aromatic rings. The van der Waals surface area contributed by atoms with Gasteiger partial charge < -0.3 is 5.11 Å². The second kappa shape index (κ2) is 6.14. The third kappa shape index (κ3) is 3.91. The molecule has 0 amide bonds. The van der Waals surface area contributed by atoms with Gasteiger partial charge in [-0.3, -0.25) is 9.78 Å². The van der Waals surface area contributed by atoms with Crippen molar-refractivity contribution in [2.45, 2.75) is 19.8 Å². The number of carboxylic acid groups (broad SMARTS) is 1. The van der Waals surface area contributed by atoms with Crippen LogP contribution >= 0.6 is 0 Å². The SMILES string of the molecule is CC(CC(=O)O)Cc1ccc(-c2ccncc2)cc1. The summed E-state index contributed by atoms with van der Waals surface area (Å²) >= 11 is 0. The Hall–Kier alpha value is -2.16. The summed E-state index contributed by atoms with van der Waals surface area (Å²) in [4.78, 5) is 14.6. The lowest BCUT2D eigenvalue weighted by molar-refractivity contribution is -0.137. The van der Waals surface area contributed by atoms with E-state index < -0.39 is 5.97 Å². The fraction of sp³-hybridized carbons (Fsp3) is 0.250. The molecule has 0 aliphatic heterocycles. The van der Waals surface area contributed by atoms with Gasteiger partial charge in [0.05, 0.1) is 0 Å². The van der Waals surface area contributed by atoms with Crippen molar-refractivity contribution in [2.75, 3.05) is 0 Å². The number of nitrogens with zero attached hydrogens (tertiary/aromatic N) is 1. The zero-order valence-corrected chi connectivity index (χ0v) is 10.9. The number of carboxylic acids is 1. The Morgan fingerprint density at radius 3 is 2.26 bits per heavy atom. The van der Waals surface area contributed by atoms with Crippen LogP contribution in [0.2, 0.25) is 0 Å². The van der Waals surface area contributed by atoms with Crippen LogP contribution in [0.1, 0.15) is 18.9 Å². The molecule has 0 fully saturated rings. The molecule has 3 nitrogen and oxygen atoms in total. The Morgan fingerprint density at radius 2 is 1.68 bits per heavy atom. The molecule has 3 heteroatoms. The smallest absolute Gasteiger partial charge is 0.303 e. The number of aromatic nitrogens is 1. The van der Waals surface area contributed by atoms with E-state index in [0.717, 1.165) is 17.5 Å². The van der Waals surface area contributed by atoms with E-state index in [9.17, 15) is 4.79 Å². The van der Waals surface area contributed by atoms with Crippen molar-refractivity contribution >= 4 is 5.97 Å². The van der Waals surface area contributed by atoms with E-state index in [0.29, 0.717) is 0 Å². The van der Waals surface area contributed by atoms with E-state index in [-0.39, 0.29) is 12.3 Å². The highest BCUT2D eigenvalue weighted by molar-refractivity contribution is 5.67. The predicted molar refractivity (Wildman–Crippen MR) is 74.8 cm³/mol. The van der Waals surface area contributed by atoms with Crippen LogP contribution in [0, 0.1) is 5.92 Å². The first-order valence-corrected chi connectivity index (χ1v) is 6.36. The van der Waals surface area contributed by atoms with Gasteiger partial charge >= 0.3 is 5.97 Å². The van der Waals surface area contributed by atoms with E-state index in [1.807, 2.05) is 19.1 Å². The summed E-state index contributed by atoms with van der Waals surface area (Å²) in [5.74, 6) is -0.579. The second-order valence-corrected chi connectivity index (χ2v) is 4.84. The van der Waals surface area contributed by atoms with Crippen LogP contribution in [0.4, 0.5) is 0 Å². The Morgan fingerprint density at radius 1 is 1.11 bits per heavy atom. The molecule has 98 valence electrons. The van der Waals surface area contributed by atoms with Gasteiger partial charge in [0, 0.05) is 18.8 Å². The van der Waals surface area contributed by atoms with Crippen molar-refractivity contribution in [3.05, 3.63) is 54.4 Å². The lowest BCUT2D eigenvalue weighted by Crippen LogP contribution is -2.06. The molecule has 0 spiro atoms. The van der Waals surface area contributed by atoms with Crippen LogP contribution in [0.5, 0.6) is 0 Å². The third-order valence-electron chi connectivity index (χ3n) is 3.07. The average Bonchev–Trinajstić information content (AvgIpc) is 2.39. The Labute approximate surface area is 112 Å². The molecule has 0 aliphatic carbocycles. The van der Waals surface area contributed by atoms with Gasteiger partial charge in [-0.05, 0) is 41.2 Å². The lowest BCUT2D eigenvalue weighted by Gasteiger charge is -2.09. The minimum Gasteiger partial charge on any atom is -0.481 e. The standard InChI is InChI=1S/C16H17NO2/c1-12(11-16(18)19)10-13-2-4-14(5-3-13)15-6-8-17-9-7-15/h2-9,12H,10-11H2,1H3,(H,18,19). The van der Waals surface area contributed by atoms with Gasteiger partial charge in [0.2, 0.25) is 0 Å². The summed E-state index contributed by atoms with van der Waals surface area (Å²) in [7, 11) is 0. The lowest BCUT2D eigenvalue weighted by atomic mass is 9.96. The van der Waals surface area contributed by atoms with Crippen LogP contribution in [-0.4, -0.2) is 16.1 Å². The highest BCUT2D eigenvalue weighted by Gasteiger charge is 2.08. The molecule has 1 aromatic heterocycles. The maximum absolute atomic E-state index is 10.6. The molecule has 0 saturated heterocycles. The molecular weight excluding hydrogens is 238 g/mol. The highest BCUT2D eigenvalue weighted by atomic mass is 16.4. The van der Waals surface area contributed by atoms with Crippen molar-refractivity contribution in [3.63, 3.8) is 0 Å². The number of carbonyl (C=O) groups is 1. The number of hydrogen-bond donors (Lipinski definition) is 1. The number of rotatable bonds is 5. The molecule has 1 N–H and O–H groups in total. The molecule has 0 aliphatic rings. The van der Waals surface area contributed by atoms with Gasteiger partial charge in [-0.15, -0.1) is 0 Å². The minimum absolute atomic E-state index is 0.157. The highest BCUT2D eigenvalue weighted by Crippen LogP contribution is 2.20.